The summed E-state index contributed by atoms with van der Waals surface area (Å²) in [6, 6.07) is 10.9. The molecule has 5 rings (SSSR count). The van der Waals surface area contributed by atoms with Gasteiger partial charge < -0.3 is 10.1 Å². The lowest BCUT2D eigenvalue weighted by Gasteiger charge is -2.19. The van der Waals surface area contributed by atoms with Crippen LogP contribution in [-0.4, -0.2) is 23.5 Å². The van der Waals surface area contributed by atoms with Crippen molar-refractivity contribution in [3.63, 3.8) is 0 Å². The van der Waals surface area contributed by atoms with Gasteiger partial charge in [0.05, 0.1) is 11.6 Å². The van der Waals surface area contributed by atoms with E-state index in [0.717, 1.165) is 18.2 Å². The predicted molar refractivity (Wildman–Crippen MR) is 115 cm³/mol. The first-order chi connectivity index (χ1) is 15.7. The van der Waals surface area contributed by atoms with E-state index in [2.05, 4.69) is 10.3 Å². The minimum atomic E-state index is -4.63. The van der Waals surface area contributed by atoms with Crippen LogP contribution in [0.4, 0.5) is 17.6 Å². The highest BCUT2D eigenvalue weighted by Crippen LogP contribution is 2.58. The van der Waals surface area contributed by atoms with Crippen molar-refractivity contribution >= 4 is 28.4 Å². The van der Waals surface area contributed by atoms with E-state index in [1.165, 1.54) is 6.07 Å². The van der Waals surface area contributed by atoms with E-state index in [4.69, 9.17) is 16.3 Å². The molecule has 2 fully saturated rings. The number of rotatable bonds is 5. The van der Waals surface area contributed by atoms with Gasteiger partial charge in [-0.15, -0.1) is 0 Å². The SMILES string of the molecule is O=C(NCC1C2CC(Oc3cc(C(F)(F)F)nc4ccc(F)cc34)CC12)c1ccc(Cl)cc1. The number of nitrogens with zero attached hydrogens (tertiary/aromatic N) is 1. The minimum Gasteiger partial charge on any atom is -0.490 e. The Labute approximate surface area is 191 Å². The largest absolute Gasteiger partial charge is 0.490 e. The van der Waals surface area contributed by atoms with E-state index in [9.17, 15) is 22.4 Å². The van der Waals surface area contributed by atoms with Gasteiger partial charge in [-0.25, -0.2) is 9.37 Å². The first kappa shape index (κ1) is 21.9. The molecule has 1 aromatic heterocycles. The van der Waals surface area contributed by atoms with Crippen LogP contribution >= 0.6 is 11.6 Å². The topological polar surface area (TPSA) is 51.2 Å². The second-order valence-corrected chi connectivity index (χ2v) is 9.02. The molecule has 0 bridgehead atoms. The zero-order chi connectivity index (χ0) is 23.3. The molecule has 4 nitrogen and oxygen atoms in total. The average molecular weight is 479 g/mol. The van der Waals surface area contributed by atoms with Gasteiger partial charge >= 0.3 is 6.18 Å². The summed E-state index contributed by atoms with van der Waals surface area (Å²) in [5.41, 5.74) is -0.501. The number of carbonyl (C=O) groups is 1. The van der Waals surface area contributed by atoms with Gasteiger partial charge in [0.2, 0.25) is 0 Å². The fourth-order valence-electron chi connectivity index (χ4n) is 4.83. The Balaban J connectivity index is 1.22. The molecule has 2 aliphatic rings. The number of hydrogen-bond acceptors (Lipinski definition) is 3. The maximum absolute atomic E-state index is 13.7. The molecule has 1 N–H and O–H groups in total. The Morgan fingerprint density at radius 3 is 2.45 bits per heavy atom. The van der Waals surface area contributed by atoms with Crippen molar-refractivity contribution in [3.8, 4) is 5.75 Å². The van der Waals surface area contributed by atoms with E-state index in [1.807, 2.05) is 0 Å². The van der Waals surface area contributed by atoms with Gasteiger partial charge in [0.15, 0.2) is 0 Å². The number of aromatic nitrogens is 1. The number of hydrogen-bond donors (Lipinski definition) is 1. The van der Waals surface area contributed by atoms with Crippen LogP contribution in [0.5, 0.6) is 5.75 Å². The van der Waals surface area contributed by atoms with Gasteiger partial charge in [-0.3, -0.25) is 4.79 Å². The maximum atomic E-state index is 13.7. The highest BCUT2D eigenvalue weighted by atomic mass is 35.5. The molecule has 172 valence electrons. The first-order valence-corrected chi connectivity index (χ1v) is 10.9. The van der Waals surface area contributed by atoms with Gasteiger partial charge in [0, 0.05) is 28.6 Å². The zero-order valence-corrected chi connectivity index (χ0v) is 18.0. The molecule has 1 heterocycles. The van der Waals surface area contributed by atoms with Crippen LogP contribution in [0.2, 0.25) is 5.02 Å². The second kappa shape index (κ2) is 8.17. The molecule has 3 aromatic rings. The van der Waals surface area contributed by atoms with E-state index in [1.54, 1.807) is 24.3 Å². The van der Waals surface area contributed by atoms with E-state index < -0.39 is 17.7 Å². The Morgan fingerprint density at radius 1 is 1.09 bits per heavy atom. The van der Waals surface area contributed by atoms with E-state index in [0.29, 0.717) is 47.7 Å². The lowest BCUT2D eigenvalue weighted by atomic mass is 10.1. The normalized spacial score (nSPS) is 23.9. The lowest BCUT2D eigenvalue weighted by Crippen LogP contribution is -2.27. The summed E-state index contributed by atoms with van der Waals surface area (Å²) < 4.78 is 59.5. The number of nitrogens with one attached hydrogen (secondary N) is 1. The van der Waals surface area contributed by atoms with Gasteiger partial charge in [-0.2, -0.15) is 13.2 Å². The second-order valence-electron chi connectivity index (χ2n) is 8.58. The van der Waals surface area contributed by atoms with Crippen LogP contribution in [-0.2, 0) is 6.18 Å². The first-order valence-electron chi connectivity index (χ1n) is 10.6. The predicted octanol–water partition coefficient (Wildman–Crippen LogP) is 5.88. The molecule has 1 amide bonds. The van der Waals surface area contributed by atoms with Crippen molar-refractivity contribution in [2.24, 2.45) is 17.8 Å². The van der Waals surface area contributed by atoms with Crippen LogP contribution in [0.25, 0.3) is 10.9 Å². The van der Waals surface area contributed by atoms with Crippen LogP contribution in [0.15, 0.2) is 48.5 Å². The standard InChI is InChI=1S/C24H19ClF4N2O2/c25-13-3-1-12(2-4-13)23(32)30-11-19-16-8-15(9-17(16)19)33-21-10-22(24(27,28)29)31-20-6-5-14(26)7-18(20)21/h1-7,10,15-17,19H,8-9,11H2,(H,30,32). The molecule has 2 atom stereocenters. The Morgan fingerprint density at radius 2 is 1.79 bits per heavy atom. The van der Waals surface area contributed by atoms with Crippen LogP contribution in [0, 0.1) is 23.6 Å². The molecule has 2 unspecified atom stereocenters. The molecule has 0 radical (unpaired) electrons. The number of benzene rings is 2. The monoisotopic (exact) mass is 478 g/mol. The Kier molecular flexibility index (Phi) is 5.43. The zero-order valence-electron chi connectivity index (χ0n) is 17.2. The number of ether oxygens (including phenoxy) is 1. The average Bonchev–Trinajstić information content (AvgIpc) is 3.22. The quantitative estimate of drug-likeness (QED) is 0.466. The van der Waals surface area contributed by atoms with Crippen molar-refractivity contribution in [1.29, 1.82) is 0 Å². The van der Waals surface area contributed by atoms with Gasteiger partial charge in [0.25, 0.3) is 5.91 Å². The van der Waals surface area contributed by atoms with Crippen molar-refractivity contribution in [2.45, 2.75) is 25.1 Å². The highest BCUT2D eigenvalue weighted by molar-refractivity contribution is 6.30. The summed E-state index contributed by atoms with van der Waals surface area (Å²) in [7, 11) is 0. The van der Waals surface area contributed by atoms with Crippen molar-refractivity contribution < 1.29 is 27.1 Å². The van der Waals surface area contributed by atoms with E-state index >= 15 is 0 Å². The summed E-state index contributed by atoms with van der Waals surface area (Å²) in [5, 5.41) is 3.70. The molecule has 0 saturated heterocycles. The molecule has 2 saturated carbocycles. The molecule has 2 aliphatic carbocycles. The number of alkyl halides is 3. The molecule has 2 aromatic carbocycles. The number of pyridine rings is 1. The molecule has 33 heavy (non-hydrogen) atoms. The summed E-state index contributed by atoms with van der Waals surface area (Å²) in [5.74, 6) is 0.248. The van der Waals surface area contributed by atoms with Crippen LogP contribution < -0.4 is 10.1 Å². The molecule has 9 heteroatoms. The smallest absolute Gasteiger partial charge is 0.433 e. The third-order valence-corrected chi connectivity index (χ3v) is 6.75. The highest BCUT2D eigenvalue weighted by Gasteiger charge is 2.56. The minimum absolute atomic E-state index is 0.00860. The molecular weight excluding hydrogens is 460 g/mol. The van der Waals surface area contributed by atoms with Crippen molar-refractivity contribution in [3.05, 3.63) is 70.6 Å². The Bertz CT molecular complexity index is 1200. The molecular formula is C24H19ClF4N2O2. The van der Waals surface area contributed by atoms with Gasteiger partial charge in [-0.05, 0) is 73.1 Å². The number of carbonyl (C=O) groups excluding carboxylic acids is 1. The molecule has 0 spiro atoms. The summed E-state index contributed by atoms with van der Waals surface area (Å²) in [6.45, 7) is 0.533. The summed E-state index contributed by atoms with van der Waals surface area (Å²) in [6.07, 6.45) is -3.55. The third kappa shape index (κ3) is 4.49. The number of fused-ring (bicyclic) bond motifs is 2. The van der Waals surface area contributed by atoms with Crippen molar-refractivity contribution in [2.75, 3.05) is 6.54 Å². The van der Waals surface area contributed by atoms with Crippen LogP contribution in [0.1, 0.15) is 28.9 Å². The maximum Gasteiger partial charge on any atom is 0.433 e. The molecule has 0 aliphatic heterocycles. The van der Waals surface area contributed by atoms with Gasteiger partial charge in [-0.1, -0.05) is 11.6 Å². The fraction of sp³-hybridized carbons (Fsp3) is 0.333. The lowest BCUT2D eigenvalue weighted by molar-refractivity contribution is -0.141. The number of amides is 1. The fourth-order valence-corrected chi connectivity index (χ4v) is 4.96. The van der Waals surface area contributed by atoms with Crippen LogP contribution in [0.3, 0.4) is 0 Å². The summed E-state index contributed by atoms with van der Waals surface area (Å²) >= 11 is 5.84. The third-order valence-electron chi connectivity index (χ3n) is 6.50. The van der Waals surface area contributed by atoms with Crippen molar-refractivity contribution in [1.82, 2.24) is 10.3 Å². The van der Waals surface area contributed by atoms with E-state index in [-0.39, 0.29) is 28.7 Å². The van der Waals surface area contributed by atoms with Gasteiger partial charge in [0.1, 0.15) is 17.3 Å². The Hall–Kier alpha value is -2.87. The summed E-state index contributed by atoms with van der Waals surface area (Å²) in [4.78, 5) is 15.9. The number of halogens is 5.